The maximum Gasteiger partial charge on any atom is 0.573 e. The Morgan fingerprint density at radius 3 is 2.31 bits per heavy atom. The normalized spacial score (nSPS) is 17.0. The Hall–Kier alpha value is -5.07. The first-order valence-corrected chi connectivity index (χ1v) is 11.5. The highest BCUT2D eigenvalue weighted by Crippen LogP contribution is 2.41. The van der Waals surface area contributed by atoms with E-state index in [1.54, 1.807) is 54.3 Å². The molecule has 0 aliphatic carbocycles. The SMILES string of the molecule is Cc1ccc(N2C(=O)C(=O)C(=C(O)c3ccc(OC(F)(F)F)cc3)C2c2ccc(Cn3ccnn3)cc2)nn1. The van der Waals surface area contributed by atoms with Crippen LogP contribution in [0.3, 0.4) is 0 Å². The third kappa shape index (κ3) is 5.32. The number of benzene rings is 2. The predicted molar refractivity (Wildman–Crippen MR) is 130 cm³/mol. The summed E-state index contributed by atoms with van der Waals surface area (Å²) in [6.07, 6.45) is -1.65. The molecular weight excluding hydrogens is 517 g/mol. The van der Waals surface area contributed by atoms with Gasteiger partial charge in [0.2, 0.25) is 0 Å². The van der Waals surface area contributed by atoms with Crippen molar-refractivity contribution in [1.82, 2.24) is 25.2 Å². The third-order valence-corrected chi connectivity index (χ3v) is 5.95. The number of anilines is 1. The molecule has 0 spiro atoms. The van der Waals surface area contributed by atoms with Crippen molar-refractivity contribution in [3.05, 3.63) is 101 Å². The first-order valence-electron chi connectivity index (χ1n) is 11.5. The van der Waals surface area contributed by atoms with Crippen molar-refractivity contribution in [3.63, 3.8) is 0 Å². The number of aromatic nitrogens is 5. The Labute approximate surface area is 219 Å². The van der Waals surface area contributed by atoms with Gasteiger partial charge in [-0.15, -0.1) is 23.4 Å². The second-order valence-corrected chi connectivity index (χ2v) is 8.62. The molecule has 3 heterocycles. The van der Waals surface area contributed by atoms with Gasteiger partial charge in [-0.2, -0.15) is 5.10 Å². The lowest BCUT2D eigenvalue weighted by molar-refractivity contribution is -0.274. The summed E-state index contributed by atoms with van der Waals surface area (Å²) in [6, 6.07) is 13.3. The standard InChI is InChI=1S/C26H19F3N6O4/c1-15-2-11-20(32-31-15)35-22(17-5-3-16(4-6-17)14-34-13-12-30-33-34)21(24(37)25(35)38)23(36)18-7-9-19(10-8-18)39-26(27,28)29/h2-13,22,36H,14H2,1H3. The Balaban J connectivity index is 1.58. The number of aliphatic hydroxyl groups excluding tert-OH is 1. The molecule has 1 atom stereocenters. The largest absolute Gasteiger partial charge is 0.573 e. The fourth-order valence-electron chi connectivity index (χ4n) is 4.18. The van der Waals surface area contributed by atoms with E-state index in [4.69, 9.17) is 0 Å². The minimum Gasteiger partial charge on any atom is -0.507 e. The second-order valence-electron chi connectivity index (χ2n) is 8.62. The van der Waals surface area contributed by atoms with Crippen molar-refractivity contribution < 1.29 is 32.6 Å². The second kappa shape index (κ2) is 10.0. The number of ether oxygens (including phenoxy) is 1. The molecule has 1 saturated heterocycles. The van der Waals surface area contributed by atoms with Crippen LogP contribution in [0.1, 0.15) is 28.4 Å². The van der Waals surface area contributed by atoms with Crippen LogP contribution >= 0.6 is 0 Å². The Morgan fingerprint density at radius 2 is 1.72 bits per heavy atom. The number of Topliss-reactive ketones (excluding diaryl/α,β-unsaturated/α-hetero) is 1. The fraction of sp³-hybridized carbons (Fsp3) is 0.154. The molecule has 1 N–H and O–H groups in total. The van der Waals surface area contributed by atoms with Gasteiger partial charge >= 0.3 is 12.3 Å². The van der Waals surface area contributed by atoms with Crippen LogP contribution in [0.25, 0.3) is 5.76 Å². The Kier molecular flexibility index (Phi) is 6.56. The zero-order valence-corrected chi connectivity index (χ0v) is 20.2. The highest BCUT2D eigenvalue weighted by molar-refractivity contribution is 6.51. The number of rotatable bonds is 6. The van der Waals surface area contributed by atoms with Crippen LogP contribution in [-0.2, 0) is 16.1 Å². The summed E-state index contributed by atoms with van der Waals surface area (Å²) < 4.78 is 43.2. The number of aryl methyl sites for hydroxylation is 1. The Bertz CT molecular complexity index is 1530. The van der Waals surface area contributed by atoms with Gasteiger partial charge < -0.3 is 9.84 Å². The summed E-state index contributed by atoms with van der Waals surface area (Å²) in [5, 5.41) is 26.9. The number of carbonyl (C=O) groups excluding carboxylic acids is 2. The average Bonchev–Trinajstić information content (AvgIpc) is 3.50. The van der Waals surface area contributed by atoms with E-state index in [1.807, 2.05) is 0 Å². The molecule has 5 rings (SSSR count). The van der Waals surface area contributed by atoms with Crippen molar-refractivity contribution >= 4 is 23.3 Å². The first-order chi connectivity index (χ1) is 18.6. The van der Waals surface area contributed by atoms with E-state index < -0.39 is 35.6 Å². The van der Waals surface area contributed by atoms with E-state index in [0.29, 0.717) is 17.8 Å². The molecule has 0 radical (unpaired) electrons. The summed E-state index contributed by atoms with van der Waals surface area (Å²) in [4.78, 5) is 27.6. The number of alkyl halides is 3. The van der Waals surface area contributed by atoms with Gasteiger partial charge in [0, 0.05) is 11.8 Å². The molecule has 1 aliphatic rings. The molecule has 13 heteroatoms. The van der Waals surface area contributed by atoms with Crippen LogP contribution in [0.5, 0.6) is 5.75 Å². The first kappa shape index (κ1) is 25.6. The number of nitrogens with zero attached hydrogens (tertiary/aromatic N) is 6. The zero-order chi connectivity index (χ0) is 27.7. The number of aliphatic hydroxyl groups is 1. The summed E-state index contributed by atoms with van der Waals surface area (Å²) in [7, 11) is 0. The zero-order valence-electron chi connectivity index (χ0n) is 20.2. The van der Waals surface area contributed by atoms with Crippen molar-refractivity contribution in [1.29, 1.82) is 0 Å². The van der Waals surface area contributed by atoms with Gasteiger partial charge in [-0.1, -0.05) is 29.5 Å². The van der Waals surface area contributed by atoms with Gasteiger partial charge in [-0.05, 0) is 54.4 Å². The number of ketones is 1. The average molecular weight is 536 g/mol. The molecule has 198 valence electrons. The topological polar surface area (TPSA) is 123 Å². The van der Waals surface area contributed by atoms with Crippen LogP contribution in [0.4, 0.5) is 19.0 Å². The van der Waals surface area contributed by atoms with E-state index in [-0.39, 0.29) is 17.0 Å². The third-order valence-electron chi connectivity index (χ3n) is 5.95. The van der Waals surface area contributed by atoms with Crippen molar-refractivity contribution in [2.45, 2.75) is 25.9 Å². The molecular formula is C26H19F3N6O4. The predicted octanol–water partition coefficient (Wildman–Crippen LogP) is 3.95. The molecule has 1 unspecified atom stereocenters. The van der Waals surface area contributed by atoms with Gasteiger partial charge in [0.1, 0.15) is 11.5 Å². The maximum atomic E-state index is 13.2. The molecule has 10 nitrogen and oxygen atoms in total. The molecule has 2 aromatic carbocycles. The maximum absolute atomic E-state index is 13.2. The monoisotopic (exact) mass is 536 g/mol. The molecule has 0 saturated carbocycles. The fourth-order valence-corrected chi connectivity index (χ4v) is 4.18. The number of hydrogen-bond donors (Lipinski definition) is 1. The van der Waals surface area contributed by atoms with Crippen LogP contribution in [0.15, 0.2) is 78.6 Å². The lowest BCUT2D eigenvalue weighted by Crippen LogP contribution is -2.30. The van der Waals surface area contributed by atoms with E-state index >= 15 is 0 Å². The number of hydrogen-bond acceptors (Lipinski definition) is 8. The lowest BCUT2D eigenvalue weighted by Gasteiger charge is -2.24. The van der Waals surface area contributed by atoms with Crippen molar-refractivity contribution in [3.8, 4) is 5.75 Å². The summed E-state index contributed by atoms with van der Waals surface area (Å²) in [5.41, 5.74) is 1.70. The van der Waals surface area contributed by atoms with Crippen molar-refractivity contribution in [2.75, 3.05) is 4.90 Å². The smallest absolute Gasteiger partial charge is 0.507 e. The molecule has 1 fully saturated rings. The highest BCUT2D eigenvalue weighted by atomic mass is 19.4. The summed E-state index contributed by atoms with van der Waals surface area (Å²) in [5.74, 6) is -2.90. The molecule has 2 aromatic heterocycles. The van der Waals surface area contributed by atoms with Gasteiger partial charge in [-0.3, -0.25) is 14.5 Å². The van der Waals surface area contributed by atoms with Gasteiger partial charge in [0.25, 0.3) is 5.78 Å². The van der Waals surface area contributed by atoms with Gasteiger partial charge in [-0.25, -0.2) is 4.68 Å². The van der Waals surface area contributed by atoms with E-state index in [0.717, 1.165) is 34.7 Å². The minimum atomic E-state index is -4.89. The van der Waals surface area contributed by atoms with E-state index in [9.17, 15) is 27.9 Å². The van der Waals surface area contributed by atoms with Crippen LogP contribution in [0.2, 0.25) is 0 Å². The highest BCUT2D eigenvalue weighted by Gasteiger charge is 2.47. The molecule has 0 bridgehead atoms. The van der Waals surface area contributed by atoms with E-state index in [1.165, 1.54) is 6.07 Å². The van der Waals surface area contributed by atoms with Gasteiger partial charge in [0.15, 0.2) is 5.82 Å². The number of amides is 1. The molecule has 4 aromatic rings. The number of halogens is 3. The van der Waals surface area contributed by atoms with Crippen LogP contribution < -0.4 is 9.64 Å². The van der Waals surface area contributed by atoms with E-state index in [2.05, 4.69) is 25.2 Å². The minimum absolute atomic E-state index is 0.0188. The molecule has 39 heavy (non-hydrogen) atoms. The number of carbonyl (C=O) groups is 2. The molecule has 1 amide bonds. The molecule has 1 aliphatic heterocycles. The van der Waals surface area contributed by atoms with Crippen molar-refractivity contribution in [2.24, 2.45) is 0 Å². The quantitative estimate of drug-likeness (QED) is 0.223. The van der Waals surface area contributed by atoms with Crippen LogP contribution in [0, 0.1) is 6.92 Å². The van der Waals surface area contributed by atoms with Crippen LogP contribution in [-0.4, -0.2) is 48.4 Å². The lowest BCUT2D eigenvalue weighted by atomic mass is 9.94. The Morgan fingerprint density at radius 1 is 1.00 bits per heavy atom. The van der Waals surface area contributed by atoms with Gasteiger partial charge in [0.05, 0.1) is 30.1 Å². The summed E-state index contributed by atoms with van der Waals surface area (Å²) >= 11 is 0. The summed E-state index contributed by atoms with van der Waals surface area (Å²) in [6.45, 7) is 2.14.